The molecule has 0 bridgehead atoms. The first-order valence-electron chi connectivity index (χ1n) is 20.3. The fourth-order valence-corrected chi connectivity index (χ4v) is 10.9. The summed E-state index contributed by atoms with van der Waals surface area (Å²) < 4.78 is 6.14. The van der Waals surface area contributed by atoms with Crippen LogP contribution >= 0.6 is 0 Å². The molecule has 0 aromatic heterocycles. The number of carbonyl (C=O) groups excluding carboxylic acids is 2. The first-order chi connectivity index (χ1) is 23.0. The second-order valence-corrected chi connectivity index (χ2v) is 17.4. The summed E-state index contributed by atoms with van der Waals surface area (Å²) in [4.78, 5) is 28.7. The third-order valence-electron chi connectivity index (χ3n) is 13.8. The zero-order chi connectivity index (χ0) is 34.9. The Kier molecular flexibility index (Phi) is 14.9. The van der Waals surface area contributed by atoms with Gasteiger partial charge in [-0.1, -0.05) is 65.5 Å². The number of allylic oxidation sites excluding steroid dienone is 1. The van der Waals surface area contributed by atoms with Crippen molar-refractivity contribution in [3.8, 4) is 0 Å². The molecule has 5 N–H and O–H groups in total. The quantitative estimate of drug-likeness (QED) is 0.0569. The van der Waals surface area contributed by atoms with Crippen molar-refractivity contribution in [2.75, 3.05) is 39.3 Å². The number of nitrogens with zero attached hydrogens (tertiary/aromatic N) is 1. The lowest BCUT2D eigenvalue weighted by atomic mass is 9.47. The van der Waals surface area contributed by atoms with Crippen LogP contribution in [0.4, 0.5) is 0 Å². The summed E-state index contributed by atoms with van der Waals surface area (Å²) in [7, 11) is 0. The summed E-state index contributed by atoms with van der Waals surface area (Å²) in [6.45, 7) is 18.5. The number of hydrogen-bond acceptors (Lipinski definition) is 6. The minimum Gasteiger partial charge on any atom is -0.461 e. The van der Waals surface area contributed by atoms with Gasteiger partial charge in [0.05, 0.1) is 0 Å². The molecule has 48 heavy (non-hydrogen) atoms. The van der Waals surface area contributed by atoms with Crippen LogP contribution in [0, 0.1) is 52.3 Å². The van der Waals surface area contributed by atoms with Gasteiger partial charge in [-0.05, 0) is 150 Å². The highest BCUT2D eigenvalue weighted by atomic mass is 16.5. The Morgan fingerprint density at radius 2 is 1.62 bits per heavy atom. The molecule has 276 valence electrons. The van der Waals surface area contributed by atoms with Crippen LogP contribution in [0.3, 0.4) is 0 Å². The molecule has 1 amide bonds. The summed E-state index contributed by atoms with van der Waals surface area (Å²) in [5.41, 5.74) is 13.6. The lowest BCUT2D eigenvalue weighted by molar-refractivity contribution is -0.161. The summed E-state index contributed by atoms with van der Waals surface area (Å²) in [6.07, 6.45) is 19.7. The molecule has 4 rings (SSSR count). The molecule has 2 unspecified atom stereocenters. The number of ether oxygens (including phenoxy) is 1. The van der Waals surface area contributed by atoms with Crippen molar-refractivity contribution in [1.29, 1.82) is 0 Å². The highest BCUT2D eigenvalue weighted by Gasteiger charge is 2.59. The van der Waals surface area contributed by atoms with Crippen LogP contribution < -0.4 is 16.8 Å². The molecule has 9 atom stereocenters. The fourth-order valence-electron chi connectivity index (χ4n) is 10.9. The molecule has 0 heterocycles. The van der Waals surface area contributed by atoms with Gasteiger partial charge in [0.2, 0.25) is 5.91 Å². The zero-order valence-corrected chi connectivity index (χ0v) is 31.9. The molecular weight excluding hydrogens is 596 g/mol. The van der Waals surface area contributed by atoms with Crippen molar-refractivity contribution in [3.05, 3.63) is 11.6 Å². The van der Waals surface area contributed by atoms with Gasteiger partial charge in [-0.3, -0.25) is 9.59 Å². The van der Waals surface area contributed by atoms with E-state index in [0.29, 0.717) is 31.6 Å². The molecule has 0 aliphatic heterocycles. The van der Waals surface area contributed by atoms with Crippen LogP contribution in [-0.4, -0.2) is 62.1 Å². The van der Waals surface area contributed by atoms with Crippen LogP contribution in [0.2, 0.25) is 0 Å². The maximum absolute atomic E-state index is 13.5. The van der Waals surface area contributed by atoms with Gasteiger partial charge in [0.1, 0.15) is 12.0 Å². The molecule has 3 fully saturated rings. The molecule has 4 aliphatic carbocycles. The maximum atomic E-state index is 13.5. The van der Waals surface area contributed by atoms with E-state index in [0.717, 1.165) is 93.5 Å². The second kappa shape index (κ2) is 18.2. The topological polar surface area (TPSA) is 111 Å². The van der Waals surface area contributed by atoms with Crippen molar-refractivity contribution >= 4 is 11.9 Å². The lowest BCUT2D eigenvalue weighted by Crippen LogP contribution is -2.51. The van der Waals surface area contributed by atoms with Crippen LogP contribution in [0.15, 0.2) is 11.6 Å². The lowest BCUT2D eigenvalue weighted by Gasteiger charge is -2.58. The van der Waals surface area contributed by atoms with Crippen molar-refractivity contribution in [3.63, 3.8) is 0 Å². The van der Waals surface area contributed by atoms with E-state index in [-0.39, 0.29) is 23.4 Å². The van der Waals surface area contributed by atoms with E-state index in [1.54, 1.807) is 6.92 Å². The molecule has 0 saturated heterocycles. The predicted octanol–water partition coefficient (Wildman–Crippen LogP) is 7.47. The smallest absolute Gasteiger partial charge is 0.318 e. The summed E-state index contributed by atoms with van der Waals surface area (Å²) in [5, 5.41) is 3.40. The minimum absolute atomic E-state index is 0.126. The van der Waals surface area contributed by atoms with Crippen molar-refractivity contribution in [2.24, 2.45) is 63.7 Å². The summed E-state index contributed by atoms with van der Waals surface area (Å²) >= 11 is 0. The molecule has 3 saturated carbocycles. The number of nitrogens with two attached hydrogens (primary N) is 2. The van der Waals surface area contributed by atoms with Crippen LogP contribution in [0.1, 0.15) is 138 Å². The van der Waals surface area contributed by atoms with Gasteiger partial charge in [-0.15, -0.1) is 0 Å². The normalized spacial score (nSPS) is 32.5. The summed E-state index contributed by atoms with van der Waals surface area (Å²) in [5.74, 6) is 3.63. The van der Waals surface area contributed by atoms with Crippen LogP contribution in [0.25, 0.3) is 0 Å². The zero-order valence-electron chi connectivity index (χ0n) is 31.9. The molecule has 4 aliphatic rings. The van der Waals surface area contributed by atoms with Crippen molar-refractivity contribution < 1.29 is 14.3 Å². The highest BCUT2D eigenvalue weighted by molar-refractivity contribution is 5.97. The van der Waals surface area contributed by atoms with Gasteiger partial charge in [0.15, 0.2) is 0 Å². The van der Waals surface area contributed by atoms with Crippen molar-refractivity contribution in [1.82, 2.24) is 10.2 Å². The Hall–Kier alpha value is -1.44. The van der Waals surface area contributed by atoms with Gasteiger partial charge >= 0.3 is 5.97 Å². The standard InChI is InChI=1S/C41H74N4O3/c1-29(2)12-9-13-30(3)35-16-17-36-34-15-14-32-28-33(18-20-40(32,5)37(34)19-21-41(35,36)6)48-39(47)31(4)38(46)45(27-11-23-43)26-8-7-24-44-25-10-22-42/h14,29-31,33-37,44H,7-13,15-28,42-43H2,1-6H3/t30?,31?,33-,34-,35+,36-,37-,40-,41+/m0/s1. The van der Waals surface area contributed by atoms with Gasteiger partial charge in [-0.2, -0.15) is 0 Å². The Morgan fingerprint density at radius 3 is 2.35 bits per heavy atom. The fraction of sp³-hybridized carbons (Fsp3) is 0.902. The number of esters is 1. The van der Waals surface area contributed by atoms with E-state index >= 15 is 0 Å². The number of amides is 1. The van der Waals surface area contributed by atoms with E-state index in [1.165, 1.54) is 56.9 Å². The Bertz CT molecular complexity index is 1060. The Morgan fingerprint density at radius 1 is 0.896 bits per heavy atom. The first kappa shape index (κ1) is 39.3. The highest BCUT2D eigenvalue weighted by Crippen LogP contribution is 2.67. The third-order valence-corrected chi connectivity index (χ3v) is 13.8. The minimum atomic E-state index is -0.789. The maximum Gasteiger partial charge on any atom is 0.318 e. The summed E-state index contributed by atoms with van der Waals surface area (Å²) in [6, 6.07) is 0. The van der Waals surface area contributed by atoms with E-state index in [1.807, 2.05) is 4.90 Å². The van der Waals surface area contributed by atoms with Gasteiger partial charge in [-0.25, -0.2) is 0 Å². The van der Waals surface area contributed by atoms with Gasteiger partial charge in [0.25, 0.3) is 0 Å². The average Bonchev–Trinajstić information content (AvgIpc) is 3.42. The van der Waals surface area contributed by atoms with Crippen LogP contribution in [0.5, 0.6) is 0 Å². The number of carbonyl (C=O) groups is 2. The van der Waals surface area contributed by atoms with E-state index in [4.69, 9.17) is 16.2 Å². The molecule has 0 aromatic carbocycles. The monoisotopic (exact) mass is 671 g/mol. The van der Waals surface area contributed by atoms with E-state index < -0.39 is 5.92 Å². The molecule has 7 nitrogen and oxygen atoms in total. The molecule has 0 aromatic rings. The number of unbranched alkanes of at least 4 members (excludes halogenated alkanes) is 1. The Balaban J connectivity index is 1.31. The molecule has 7 heteroatoms. The van der Waals surface area contributed by atoms with E-state index in [9.17, 15) is 9.59 Å². The molecule has 0 radical (unpaired) electrons. The van der Waals surface area contributed by atoms with E-state index in [2.05, 4.69) is 46.0 Å². The van der Waals surface area contributed by atoms with Gasteiger partial charge < -0.3 is 26.4 Å². The average molecular weight is 671 g/mol. The Labute approximate surface area is 294 Å². The first-order valence-corrected chi connectivity index (χ1v) is 20.3. The number of fused-ring (bicyclic) bond motifs is 5. The third kappa shape index (κ3) is 9.26. The largest absolute Gasteiger partial charge is 0.461 e. The van der Waals surface area contributed by atoms with Crippen LogP contribution in [-0.2, 0) is 14.3 Å². The second-order valence-electron chi connectivity index (χ2n) is 17.4. The van der Waals surface area contributed by atoms with Crippen molar-refractivity contribution in [2.45, 2.75) is 144 Å². The predicted molar refractivity (Wildman–Crippen MR) is 198 cm³/mol. The SMILES string of the molecule is CC(C)CCCC(C)[C@H]1CC[C@H]2[C@@H]3CC=C4C[C@@H](OC(=O)C(C)C(=O)N(CCCN)CCCCNCCCN)CC[C@]4(C)[C@H]3CC[C@]12C. The molecule has 0 spiro atoms. The number of hydrogen-bond donors (Lipinski definition) is 3. The number of nitrogens with one attached hydrogen (secondary N) is 1. The number of rotatable bonds is 19. The molecular formula is C41H74N4O3. The van der Waals surface area contributed by atoms with Gasteiger partial charge in [0, 0.05) is 19.5 Å².